The monoisotopic (exact) mass is 598 g/mol. The average Bonchev–Trinajstić information content (AvgIpc) is 2.84. The van der Waals surface area contributed by atoms with Gasteiger partial charge < -0.3 is 14.9 Å². The summed E-state index contributed by atoms with van der Waals surface area (Å²) in [4.78, 5) is 17.0. The maximum absolute atomic E-state index is 14.1. The van der Waals surface area contributed by atoms with Crippen molar-refractivity contribution in [1.82, 2.24) is 4.90 Å². The molecule has 1 heterocycles. The van der Waals surface area contributed by atoms with E-state index in [1.54, 1.807) is 22.6 Å². The van der Waals surface area contributed by atoms with Crippen LogP contribution in [0.2, 0.25) is 10.0 Å². The number of halogens is 6. The topological polar surface area (TPSA) is 43.8 Å². The van der Waals surface area contributed by atoms with Crippen LogP contribution >= 0.6 is 45.8 Å². The first kappa shape index (κ1) is 24.1. The zero-order valence-corrected chi connectivity index (χ0v) is 20.8. The van der Waals surface area contributed by atoms with Gasteiger partial charge in [0.1, 0.15) is 0 Å². The smallest absolute Gasteiger partial charge is 0.372 e. The Bertz CT molecular complexity index is 1090. The molecule has 1 fully saturated rings. The van der Waals surface area contributed by atoms with Crippen molar-refractivity contribution in [3.63, 3.8) is 0 Å². The highest BCUT2D eigenvalue weighted by atomic mass is 127. The van der Waals surface area contributed by atoms with E-state index in [-0.39, 0.29) is 33.8 Å². The van der Waals surface area contributed by atoms with Gasteiger partial charge in [-0.2, -0.15) is 13.2 Å². The number of benzene rings is 2. The van der Waals surface area contributed by atoms with E-state index in [4.69, 9.17) is 23.2 Å². The quantitative estimate of drug-likeness (QED) is 0.470. The Morgan fingerprint density at radius 1 is 1.22 bits per heavy atom. The molecule has 1 atom stereocenters. The van der Waals surface area contributed by atoms with Gasteiger partial charge in [0.2, 0.25) is 0 Å². The molecule has 1 unspecified atom stereocenters. The molecule has 1 N–H and O–H groups in total. The number of rotatable bonds is 4. The van der Waals surface area contributed by atoms with Crippen LogP contribution in [-0.4, -0.2) is 42.6 Å². The molecule has 2 aromatic rings. The van der Waals surface area contributed by atoms with Gasteiger partial charge in [0.05, 0.1) is 11.3 Å². The van der Waals surface area contributed by atoms with Gasteiger partial charge in [0.15, 0.2) is 5.60 Å². The molecule has 4 rings (SSSR count). The molecular weight excluding hydrogens is 579 g/mol. The molecule has 10 heteroatoms. The van der Waals surface area contributed by atoms with Crippen molar-refractivity contribution in [2.75, 3.05) is 25.5 Å². The summed E-state index contributed by atoms with van der Waals surface area (Å²) in [6.07, 6.45) is -3.13. The molecule has 172 valence electrons. The third kappa shape index (κ3) is 3.91. The Morgan fingerprint density at radius 2 is 1.88 bits per heavy atom. The second-order valence-corrected chi connectivity index (χ2v) is 10.6. The van der Waals surface area contributed by atoms with Gasteiger partial charge in [-0.25, -0.2) is 0 Å². The number of hydrogen-bond donors (Lipinski definition) is 1. The van der Waals surface area contributed by atoms with Crippen LogP contribution in [0.3, 0.4) is 0 Å². The number of hydrogen-bond acceptors (Lipinski definition) is 3. The van der Waals surface area contributed by atoms with E-state index in [0.29, 0.717) is 9.61 Å². The van der Waals surface area contributed by atoms with Crippen molar-refractivity contribution in [2.24, 2.45) is 5.92 Å². The van der Waals surface area contributed by atoms with Gasteiger partial charge in [-0.05, 0) is 79.7 Å². The van der Waals surface area contributed by atoms with Gasteiger partial charge in [0, 0.05) is 37.3 Å². The largest absolute Gasteiger partial charge is 0.416 e. The number of alkyl halides is 3. The summed E-state index contributed by atoms with van der Waals surface area (Å²) in [5.74, 6) is -0.716. The van der Waals surface area contributed by atoms with E-state index >= 15 is 0 Å². The second kappa shape index (κ2) is 8.30. The molecule has 0 spiro atoms. The molecule has 1 saturated carbocycles. The Kier molecular flexibility index (Phi) is 6.24. The summed E-state index contributed by atoms with van der Waals surface area (Å²) in [6.45, 7) is 0.223. The lowest BCUT2D eigenvalue weighted by Crippen LogP contribution is -2.48. The number of fused-ring (bicyclic) bond motifs is 1. The summed E-state index contributed by atoms with van der Waals surface area (Å²) < 4.78 is 42.5. The summed E-state index contributed by atoms with van der Waals surface area (Å²) in [5.41, 5.74) is -4.16. The van der Waals surface area contributed by atoms with Crippen molar-refractivity contribution >= 4 is 57.4 Å². The molecule has 4 nitrogen and oxygen atoms in total. The molecular formula is C22H20Cl2F3IN2O2. The number of carbonyl (C=O) groups is 1. The molecule has 1 aliphatic carbocycles. The van der Waals surface area contributed by atoms with Crippen molar-refractivity contribution in [3.05, 3.63) is 60.6 Å². The molecule has 1 aliphatic heterocycles. The lowest BCUT2D eigenvalue weighted by atomic mass is 9.79. The van der Waals surface area contributed by atoms with Crippen molar-refractivity contribution in [3.8, 4) is 0 Å². The van der Waals surface area contributed by atoms with E-state index in [0.717, 1.165) is 18.9 Å². The van der Waals surface area contributed by atoms with Crippen LogP contribution in [0.15, 0.2) is 30.3 Å². The maximum Gasteiger partial charge on any atom is 0.416 e. The maximum atomic E-state index is 14.1. The highest BCUT2D eigenvalue weighted by Gasteiger charge is 2.57. The first-order valence-corrected chi connectivity index (χ1v) is 11.7. The molecule has 0 saturated heterocycles. The number of aliphatic hydroxyl groups is 1. The van der Waals surface area contributed by atoms with Crippen LogP contribution < -0.4 is 4.90 Å². The first-order valence-electron chi connectivity index (χ1n) is 9.91. The highest BCUT2D eigenvalue weighted by molar-refractivity contribution is 14.1. The molecule has 0 radical (unpaired) electrons. The fourth-order valence-corrected chi connectivity index (χ4v) is 5.72. The summed E-state index contributed by atoms with van der Waals surface area (Å²) >= 11 is 14.0. The van der Waals surface area contributed by atoms with Crippen LogP contribution in [0.4, 0.5) is 18.9 Å². The fourth-order valence-electron chi connectivity index (χ4n) is 4.56. The van der Waals surface area contributed by atoms with E-state index in [2.05, 4.69) is 4.90 Å². The zero-order valence-electron chi connectivity index (χ0n) is 17.2. The molecule has 32 heavy (non-hydrogen) atoms. The zero-order chi connectivity index (χ0) is 23.6. The summed E-state index contributed by atoms with van der Waals surface area (Å²) in [7, 11) is 3.94. The lowest BCUT2D eigenvalue weighted by molar-refractivity contribution is -0.142. The normalized spacial score (nSPS) is 25.3. The summed E-state index contributed by atoms with van der Waals surface area (Å²) in [5, 5.41) is 11.8. The summed E-state index contributed by atoms with van der Waals surface area (Å²) in [6, 6.07) is 6.81. The lowest BCUT2D eigenvalue weighted by Gasteiger charge is -2.41. The molecule has 1 amide bonds. The van der Waals surface area contributed by atoms with E-state index in [1.165, 1.54) is 29.2 Å². The predicted octanol–water partition coefficient (Wildman–Crippen LogP) is 5.54. The van der Waals surface area contributed by atoms with Gasteiger partial charge in [0.25, 0.3) is 5.91 Å². The minimum Gasteiger partial charge on any atom is -0.372 e. The second-order valence-electron chi connectivity index (χ2n) is 8.55. The van der Waals surface area contributed by atoms with Gasteiger partial charge >= 0.3 is 6.18 Å². The Balaban J connectivity index is 1.87. The minimum atomic E-state index is -4.78. The standard InChI is InChI=1S/C22H20Cl2F3IN2O2/c1-29(2)14-5-11(6-14)10-30-18-9-13(28)8-16(22(25,26)27)19(18)21(32,20(30)31)15-4-3-12(23)7-17(15)24/h3-4,7-9,11,14,32H,5-6,10H2,1-2H3. The van der Waals surface area contributed by atoms with Crippen LogP contribution in [-0.2, 0) is 16.6 Å². The first-order chi connectivity index (χ1) is 14.8. The third-order valence-electron chi connectivity index (χ3n) is 6.30. The highest BCUT2D eigenvalue weighted by Crippen LogP contribution is 2.52. The van der Waals surface area contributed by atoms with Crippen LogP contribution in [0.1, 0.15) is 29.5 Å². The molecule has 0 bridgehead atoms. The van der Waals surface area contributed by atoms with Crippen molar-refractivity contribution in [1.29, 1.82) is 0 Å². The third-order valence-corrected chi connectivity index (χ3v) is 7.47. The molecule has 0 aromatic heterocycles. The van der Waals surface area contributed by atoms with E-state index in [1.807, 2.05) is 14.1 Å². The Morgan fingerprint density at radius 3 is 2.44 bits per heavy atom. The minimum absolute atomic E-state index is 0.0658. The van der Waals surface area contributed by atoms with Crippen LogP contribution in [0.5, 0.6) is 0 Å². The number of nitrogens with zero attached hydrogens (tertiary/aromatic N) is 2. The SMILES string of the molecule is CN(C)C1CC(CN2C(=O)C(O)(c3ccc(Cl)cc3Cl)c3c2cc(I)cc3C(F)(F)F)C1. The molecule has 2 aromatic carbocycles. The number of anilines is 1. The fraction of sp³-hybridized carbons (Fsp3) is 0.409. The number of carbonyl (C=O) groups excluding carboxylic acids is 1. The Labute approximate surface area is 207 Å². The molecule has 2 aliphatic rings. The average molecular weight is 599 g/mol. The van der Waals surface area contributed by atoms with Gasteiger partial charge in [-0.1, -0.05) is 29.3 Å². The Hall–Kier alpha value is -1.07. The predicted molar refractivity (Wildman–Crippen MR) is 126 cm³/mol. The number of amides is 1. The van der Waals surface area contributed by atoms with Crippen LogP contribution in [0, 0.1) is 9.49 Å². The van der Waals surface area contributed by atoms with E-state index in [9.17, 15) is 23.1 Å². The van der Waals surface area contributed by atoms with Crippen molar-refractivity contribution in [2.45, 2.75) is 30.7 Å². The van der Waals surface area contributed by atoms with Crippen molar-refractivity contribution < 1.29 is 23.1 Å². The van der Waals surface area contributed by atoms with E-state index < -0.39 is 28.8 Å². The van der Waals surface area contributed by atoms with Crippen LogP contribution in [0.25, 0.3) is 0 Å². The van der Waals surface area contributed by atoms with Gasteiger partial charge in [-0.15, -0.1) is 0 Å². The van der Waals surface area contributed by atoms with Gasteiger partial charge in [-0.3, -0.25) is 4.79 Å².